The molecule has 0 saturated heterocycles. The second kappa shape index (κ2) is 10.2. The van der Waals surface area contributed by atoms with Crippen molar-refractivity contribution in [2.45, 2.75) is 106 Å². The fourth-order valence-corrected chi connectivity index (χ4v) is 3.46. The number of aromatic hydroxyl groups is 3. The van der Waals surface area contributed by atoms with E-state index in [4.69, 9.17) is 0 Å². The Hall–Kier alpha value is -1.38. The van der Waals surface area contributed by atoms with E-state index in [1.165, 1.54) is 12.8 Å². The molecule has 1 rings (SSSR count). The van der Waals surface area contributed by atoms with Crippen molar-refractivity contribution in [2.24, 2.45) is 10.8 Å². The molecule has 1 aromatic rings. The molecule has 3 heteroatoms. The van der Waals surface area contributed by atoms with Crippen molar-refractivity contribution >= 4 is 0 Å². The third-order valence-electron chi connectivity index (χ3n) is 5.16. The minimum atomic E-state index is -0.129. The molecule has 3 nitrogen and oxygen atoms in total. The Balaban J connectivity index is 2.52. The lowest BCUT2D eigenvalue weighted by atomic mass is 9.88. The smallest absolute Gasteiger partial charge is 0.164 e. The van der Waals surface area contributed by atoms with Gasteiger partial charge in [-0.2, -0.15) is 0 Å². The fourth-order valence-electron chi connectivity index (χ4n) is 3.46. The SMILES string of the molecule is CC(C)(C)CCCCCCc1c(O)cc(CCCCC(C)(C)C)c(O)c1O. The van der Waals surface area contributed by atoms with E-state index < -0.39 is 0 Å². The predicted molar refractivity (Wildman–Crippen MR) is 115 cm³/mol. The Morgan fingerprint density at radius 1 is 0.630 bits per heavy atom. The van der Waals surface area contributed by atoms with Gasteiger partial charge in [0.05, 0.1) is 0 Å². The summed E-state index contributed by atoms with van der Waals surface area (Å²) in [6.07, 6.45) is 9.99. The standard InChI is InChI=1S/C24H42O3/c1-23(2,3)15-11-8-7-9-14-19-20(25)17-18(21(26)22(19)27)13-10-12-16-24(4,5)6/h17,25-27H,7-16H2,1-6H3. The van der Waals surface area contributed by atoms with Crippen molar-refractivity contribution in [3.05, 3.63) is 17.2 Å². The molecular weight excluding hydrogens is 336 g/mol. The molecule has 0 unspecified atom stereocenters. The van der Waals surface area contributed by atoms with Crippen molar-refractivity contribution in [1.82, 2.24) is 0 Å². The van der Waals surface area contributed by atoms with Crippen LogP contribution in [-0.2, 0) is 12.8 Å². The summed E-state index contributed by atoms with van der Waals surface area (Å²) in [4.78, 5) is 0. The van der Waals surface area contributed by atoms with Crippen molar-refractivity contribution in [1.29, 1.82) is 0 Å². The topological polar surface area (TPSA) is 60.7 Å². The molecule has 0 radical (unpaired) electrons. The number of hydrogen-bond donors (Lipinski definition) is 3. The van der Waals surface area contributed by atoms with Gasteiger partial charge >= 0.3 is 0 Å². The van der Waals surface area contributed by atoms with Crippen LogP contribution in [0.2, 0.25) is 0 Å². The maximum Gasteiger partial charge on any atom is 0.164 e. The largest absolute Gasteiger partial charge is 0.508 e. The van der Waals surface area contributed by atoms with Crippen molar-refractivity contribution < 1.29 is 15.3 Å². The molecule has 0 aliphatic rings. The van der Waals surface area contributed by atoms with Gasteiger partial charge in [0, 0.05) is 11.1 Å². The molecule has 156 valence electrons. The molecule has 0 fully saturated rings. The molecule has 0 aliphatic heterocycles. The lowest BCUT2D eigenvalue weighted by Gasteiger charge is -2.18. The van der Waals surface area contributed by atoms with Crippen LogP contribution >= 0.6 is 0 Å². The third-order valence-corrected chi connectivity index (χ3v) is 5.16. The number of aryl methyl sites for hydroxylation is 1. The highest BCUT2D eigenvalue weighted by Crippen LogP contribution is 2.40. The van der Waals surface area contributed by atoms with E-state index in [0.29, 0.717) is 34.8 Å². The van der Waals surface area contributed by atoms with E-state index in [-0.39, 0.29) is 17.2 Å². The van der Waals surface area contributed by atoms with Crippen LogP contribution in [0.1, 0.15) is 104 Å². The number of benzene rings is 1. The summed E-state index contributed by atoms with van der Waals surface area (Å²) >= 11 is 0. The Morgan fingerprint density at radius 2 is 1.11 bits per heavy atom. The monoisotopic (exact) mass is 378 g/mol. The van der Waals surface area contributed by atoms with E-state index in [2.05, 4.69) is 41.5 Å². The van der Waals surface area contributed by atoms with Crippen LogP contribution in [0.4, 0.5) is 0 Å². The summed E-state index contributed by atoms with van der Waals surface area (Å²) in [5.74, 6) is -0.0624. The highest BCUT2D eigenvalue weighted by atomic mass is 16.3. The Bertz CT molecular complexity index is 577. The van der Waals surface area contributed by atoms with Gasteiger partial charge in [0.15, 0.2) is 11.5 Å². The number of phenolic OH excluding ortho intramolecular Hbond substituents is 3. The molecule has 0 heterocycles. The van der Waals surface area contributed by atoms with Gasteiger partial charge in [0.25, 0.3) is 0 Å². The summed E-state index contributed by atoms with van der Waals surface area (Å²) in [6.45, 7) is 13.4. The van der Waals surface area contributed by atoms with Crippen LogP contribution < -0.4 is 0 Å². The second-order valence-electron chi connectivity index (χ2n) is 10.5. The van der Waals surface area contributed by atoms with Gasteiger partial charge in [0.2, 0.25) is 0 Å². The van der Waals surface area contributed by atoms with Gasteiger partial charge in [-0.15, -0.1) is 0 Å². The van der Waals surface area contributed by atoms with Gasteiger partial charge in [-0.1, -0.05) is 67.2 Å². The third kappa shape index (κ3) is 9.39. The molecule has 0 spiro atoms. The number of phenols is 3. The normalized spacial score (nSPS) is 12.5. The van der Waals surface area contributed by atoms with Crippen LogP contribution in [0.15, 0.2) is 6.07 Å². The summed E-state index contributed by atoms with van der Waals surface area (Å²) in [6, 6.07) is 1.64. The van der Waals surface area contributed by atoms with Crippen molar-refractivity contribution in [2.75, 3.05) is 0 Å². The molecule has 1 aromatic carbocycles. The summed E-state index contributed by atoms with van der Waals surface area (Å²) < 4.78 is 0. The average molecular weight is 379 g/mol. The molecule has 3 N–H and O–H groups in total. The van der Waals surface area contributed by atoms with E-state index in [0.717, 1.165) is 38.5 Å². The molecule has 0 atom stereocenters. The Labute approximate surface area is 166 Å². The number of rotatable bonds is 10. The van der Waals surface area contributed by atoms with Gasteiger partial charge in [0.1, 0.15) is 5.75 Å². The number of unbranched alkanes of at least 4 members (excludes halogenated alkanes) is 4. The van der Waals surface area contributed by atoms with Gasteiger partial charge in [-0.3, -0.25) is 0 Å². The maximum atomic E-state index is 10.3. The fraction of sp³-hybridized carbons (Fsp3) is 0.750. The highest BCUT2D eigenvalue weighted by Gasteiger charge is 2.17. The Morgan fingerprint density at radius 3 is 1.67 bits per heavy atom. The minimum Gasteiger partial charge on any atom is -0.508 e. The van der Waals surface area contributed by atoms with Crippen LogP contribution in [0.25, 0.3) is 0 Å². The first-order valence-electron chi connectivity index (χ1n) is 10.7. The zero-order chi connectivity index (χ0) is 20.7. The molecule has 0 amide bonds. The molecule has 0 bridgehead atoms. The molecule has 27 heavy (non-hydrogen) atoms. The van der Waals surface area contributed by atoms with Crippen molar-refractivity contribution in [3.8, 4) is 17.2 Å². The summed E-state index contributed by atoms with van der Waals surface area (Å²) in [5.41, 5.74) is 1.82. The van der Waals surface area contributed by atoms with Gasteiger partial charge in [-0.25, -0.2) is 0 Å². The second-order valence-corrected chi connectivity index (χ2v) is 10.5. The lowest BCUT2D eigenvalue weighted by molar-refractivity contribution is 0.355. The van der Waals surface area contributed by atoms with Crippen LogP contribution in [-0.4, -0.2) is 15.3 Å². The highest BCUT2D eigenvalue weighted by molar-refractivity contribution is 5.56. The molecular formula is C24H42O3. The first kappa shape index (κ1) is 23.7. The first-order chi connectivity index (χ1) is 12.4. The van der Waals surface area contributed by atoms with Crippen LogP contribution in [0.3, 0.4) is 0 Å². The molecule has 0 aromatic heterocycles. The van der Waals surface area contributed by atoms with E-state index in [1.807, 2.05) is 0 Å². The van der Waals surface area contributed by atoms with E-state index in [9.17, 15) is 15.3 Å². The zero-order valence-electron chi connectivity index (χ0n) is 18.5. The lowest BCUT2D eigenvalue weighted by Crippen LogP contribution is -2.04. The van der Waals surface area contributed by atoms with Crippen LogP contribution in [0.5, 0.6) is 17.2 Å². The van der Waals surface area contributed by atoms with Gasteiger partial charge in [-0.05, 0) is 55.4 Å². The molecule has 0 aliphatic carbocycles. The van der Waals surface area contributed by atoms with Crippen LogP contribution in [0, 0.1) is 10.8 Å². The molecule has 0 saturated carbocycles. The zero-order valence-corrected chi connectivity index (χ0v) is 18.5. The van der Waals surface area contributed by atoms with E-state index in [1.54, 1.807) is 6.07 Å². The van der Waals surface area contributed by atoms with Crippen molar-refractivity contribution in [3.63, 3.8) is 0 Å². The predicted octanol–water partition coefficient (Wildman–Crippen LogP) is 7.10. The first-order valence-corrected chi connectivity index (χ1v) is 10.7. The summed E-state index contributed by atoms with van der Waals surface area (Å²) in [5, 5.41) is 31.0. The van der Waals surface area contributed by atoms with E-state index >= 15 is 0 Å². The average Bonchev–Trinajstić information content (AvgIpc) is 2.52. The minimum absolute atomic E-state index is 0.0497. The Kier molecular flexibility index (Phi) is 8.98. The number of hydrogen-bond acceptors (Lipinski definition) is 3. The quantitative estimate of drug-likeness (QED) is 0.231. The maximum absolute atomic E-state index is 10.3. The summed E-state index contributed by atoms with van der Waals surface area (Å²) in [7, 11) is 0. The van der Waals surface area contributed by atoms with Gasteiger partial charge < -0.3 is 15.3 Å².